The first-order valence-corrected chi connectivity index (χ1v) is 13.8. The van der Waals surface area contributed by atoms with Gasteiger partial charge in [0.2, 0.25) is 0 Å². The Morgan fingerprint density at radius 2 is 2.06 bits per heavy atom. The number of carbonyl (C=O) groups is 1. The van der Waals surface area contributed by atoms with Crippen LogP contribution in [-0.4, -0.2) is 45.7 Å². The Morgan fingerprint density at radius 1 is 1.31 bits per heavy atom. The van der Waals surface area contributed by atoms with Crippen LogP contribution in [0.5, 0.6) is 0 Å². The van der Waals surface area contributed by atoms with Crippen LogP contribution in [0.2, 0.25) is 0 Å². The molecule has 3 aliphatic rings. The first kappa shape index (κ1) is 28.1. The third kappa shape index (κ3) is 6.87. The second-order valence-electron chi connectivity index (χ2n) is 12.0. The second-order valence-corrected chi connectivity index (χ2v) is 12.0. The first-order chi connectivity index (χ1) is 16.5. The number of carbonyl (C=O) groups excluding carboxylic acids is 1. The van der Waals surface area contributed by atoms with Gasteiger partial charge in [-0.2, -0.15) is 0 Å². The molecule has 0 amide bonds. The minimum Gasteiger partial charge on any atom is -0.466 e. The van der Waals surface area contributed by atoms with E-state index in [1.165, 1.54) is 31.3 Å². The van der Waals surface area contributed by atoms with Crippen molar-refractivity contribution in [2.24, 2.45) is 23.2 Å². The number of esters is 1. The highest BCUT2D eigenvalue weighted by Crippen LogP contribution is 2.60. The van der Waals surface area contributed by atoms with Gasteiger partial charge >= 0.3 is 5.97 Å². The first-order valence-electron chi connectivity index (χ1n) is 13.8. The summed E-state index contributed by atoms with van der Waals surface area (Å²) in [6.45, 7) is 12.8. The summed E-state index contributed by atoms with van der Waals surface area (Å²) in [6, 6.07) is 0. The van der Waals surface area contributed by atoms with Crippen molar-refractivity contribution in [1.82, 2.24) is 0 Å². The summed E-state index contributed by atoms with van der Waals surface area (Å²) in [4.78, 5) is 11.8. The zero-order valence-electron chi connectivity index (χ0n) is 22.4. The molecule has 3 aliphatic carbocycles. The van der Waals surface area contributed by atoms with Crippen LogP contribution in [0.1, 0.15) is 98.3 Å². The van der Waals surface area contributed by atoms with Gasteiger partial charge in [-0.15, -0.1) is 0 Å². The summed E-state index contributed by atoms with van der Waals surface area (Å²) >= 11 is 0. The van der Waals surface area contributed by atoms with Crippen molar-refractivity contribution in [3.63, 3.8) is 0 Å². The number of aliphatic hydroxyl groups excluding tert-OH is 2. The van der Waals surface area contributed by atoms with Crippen LogP contribution in [0.4, 0.5) is 0 Å². The summed E-state index contributed by atoms with van der Waals surface area (Å²) in [5.41, 5.74) is 2.53. The molecule has 0 saturated heterocycles. The van der Waals surface area contributed by atoms with Crippen molar-refractivity contribution < 1.29 is 24.9 Å². The van der Waals surface area contributed by atoms with Crippen molar-refractivity contribution >= 4 is 5.97 Å². The molecule has 35 heavy (non-hydrogen) atoms. The molecule has 5 heteroatoms. The van der Waals surface area contributed by atoms with E-state index in [2.05, 4.69) is 32.6 Å². The van der Waals surface area contributed by atoms with Gasteiger partial charge in [0, 0.05) is 6.42 Å². The molecular weight excluding hydrogens is 440 g/mol. The third-order valence-corrected chi connectivity index (χ3v) is 9.19. The number of hydrogen-bond acceptors (Lipinski definition) is 5. The number of allylic oxidation sites excluding steroid dienone is 3. The molecule has 7 atom stereocenters. The van der Waals surface area contributed by atoms with Crippen LogP contribution in [0.15, 0.2) is 35.5 Å². The summed E-state index contributed by atoms with van der Waals surface area (Å²) in [6.07, 6.45) is 12.9. The predicted octanol–water partition coefficient (Wildman–Crippen LogP) is 5.64. The van der Waals surface area contributed by atoms with Crippen molar-refractivity contribution in [1.29, 1.82) is 0 Å². The molecule has 0 bridgehead atoms. The van der Waals surface area contributed by atoms with Crippen molar-refractivity contribution in [2.45, 2.75) is 116 Å². The Kier molecular flexibility index (Phi) is 9.45. The van der Waals surface area contributed by atoms with E-state index in [1.54, 1.807) is 13.8 Å². The quantitative estimate of drug-likeness (QED) is 0.366. The Morgan fingerprint density at radius 3 is 2.77 bits per heavy atom. The fourth-order valence-electron chi connectivity index (χ4n) is 7.30. The molecule has 3 N–H and O–H groups in total. The molecule has 0 aliphatic heterocycles. The fourth-order valence-corrected chi connectivity index (χ4v) is 7.30. The molecule has 0 radical (unpaired) electrons. The van der Waals surface area contributed by atoms with E-state index in [0.717, 1.165) is 30.4 Å². The molecule has 3 rings (SSSR count). The number of ether oxygens (including phenoxy) is 1. The summed E-state index contributed by atoms with van der Waals surface area (Å²) in [5.74, 6) is 1.49. The van der Waals surface area contributed by atoms with E-state index in [1.807, 2.05) is 0 Å². The minimum absolute atomic E-state index is 0.0581. The number of fused-ring (bicyclic) bond motifs is 1. The van der Waals surface area contributed by atoms with Gasteiger partial charge in [-0.25, -0.2) is 0 Å². The van der Waals surface area contributed by atoms with E-state index < -0.39 is 17.8 Å². The summed E-state index contributed by atoms with van der Waals surface area (Å²) < 4.78 is 5.01. The molecule has 0 aromatic carbocycles. The highest BCUT2D eigenvalue weighted by Gasteiger charge is 2.50. The van der Waals surface area contributed by atoms with Crippen LogP contribution < -0.4 is 0 Å². The molecular formula is C30H48O5. The molecule has 3 fully saturated rings. The lowest BCUT2D eigenvalue weighted by Crippen LogP contribution is -2.36. The number of rotatable bonds is 9. The molecule has 198 valence electrons. The van der Waals surface area contributed by atoms with Crippen LogP contribution in [0, 0.1) is 23.2 Å². The highest BCUT2D eigenvalue weighted by atomic mass is 16.5. The molecule has 3 saturated carbocycles. The van der Waals surface area contributed by atoms with Gasteiger partial charge in [-0.1, -0.05) is 51.0 Å². The predicted molar refractivity (Wildman–Crippen MR) is 140 cm³/mol. The Bertz CT molecular complexity index is 825. The van der Waals surface area contributed by atoms with Gasteiger partial charge in [0.1, 0.15) is 0 Å². The lowest BCUT2D eigenvalue weighted by Gasteiger charge is -2.44. The third-order valence-electron chi connectivity index (χ3n) is 9.19. The zero-order chi connectivity index (χ0) is 25.8. The Labute approximate surface area is 212 Å². The van der Waals surface area contributed by atoms with Crippen LogP contribution in [0.25, 0.3) is 0 Å². The number of aliphatic hydroxyl groups is 3. The van der Waals surface area contributed by atoms with Gasteiger partial charge in [0.25, 0.3) is 0 Å². The molecule has 1 unspecified atom stereocenters. The number of hydrogen-bond donors (Lipinski definition) is 3. The average Bonchev–Trinajstić information content (AvgIpc) is 3.12. The Hall–Kier alpha value is -1.43. The maximum absolute atomic E-state index is 11.8. The van der Waals surface area contributed by atoms with E-state index in [9.17, 15) is 20.1 Å². The van der Waals surface area contributed by atoms with Crippen LogP contribution >= 0.6 is 0 Å². The molecule has 0 spiro atoms. The lowest BCUT2D eigenvalue weighted by atomic mass is 9.60. The lowest BCUT2D eigenvalue weighted by molar-refractivity contribution is -0.148. The van der Waals surface area contributed by atoms with E-state index >= 15 is 0 Å². The van der Waals surface area contributed by atoms with Crippen molar-refractivity contribution in [2.75, 3.05) is 6.61 Å². The second kappa shape index (κ2) is 11.7. The van der Waals surface area contributed by atoms with E-state index in [4.69, 9.17) is 4.74 Å². The van der Waals surface area contributed by atoms with E-state index in [0.29, 0.717) is 43.6 Å². The smallest absolute Gasteiger partial charge is 0.308 e. The van der Waals surface area contributed by atoms with Gasteiger partial charge in [0.15, 0.2) is 0 Å². The largest absolute Gasteiger partial charge is 0.466 e. The van der Waals surface area contributed by atoms with Crippen molar-refractivity contribution in [3.05, 3.63) is 35.5 Å². The molecule has 5 nitrogen and oxygen atoms in total. The minimum atomic E-state index is -1.01. The maximum Gasteiger partial charge on any atom is 0.308 e. The summed E-state index contributed by atoms with van der Waals surface area (Å²) in [5, 5.41) is 30.9. The van der Waals surface area contributed by atoms with Crippen LogP contribution in [-0.2, 0) is 9.53 Å². The maximum atomic E-state index is 11.8. The molecule has 0 heterocycles. The Balaban J connectivity index is 1.61. The van der Waals surface area contributed by atoms with Gasteiger partial charge < -0.3 is 20.1 Å². The SMILES string of the molecule is C=C1/C(=C\C=C2CCC[C@@]3(C)C2CC[C@@H]3[C@H](C)CCC[C@](C)(O)CC(=O)OCC)C[C@@H](O)C[C@H]1O. The summed E-state index contributed by atoms with van der Waals surface area (Å²) in [7, 11) is 0. The standard InChI is InChI=1S/C30H48O5/c1-6-35-28(33)19-29(4,34)15-7-9-20(2)25-13-14-26-22(10-8-16-30(25,26)5)11-12-23-17-24(31)18-27(32)21(23)3/h11-12,20,24-27,31-32,34H,3,6-10,13-19H2,1-2,4-5H3/b22-11?,23-12-/t20-,24-,25-,26?,27-,29+,30-/m1/s1. The average molecular weight is 489 g/mol. The zero-order valence-corrected chi connectivity index (χ0v) is 22.4. The van der Waals surface area contributed by atoms with Gasteiger partial charge in [-0.3, -0.25) is 4.79 Å². The molecule has 0 aromatic heterocycles. The van der Waals surface area contributed by atoms with Gasteiger partial charge in [0.05, 0.1) is 30.8 Å². The normalized spacial score (nSPS) is 36.1. The molecule has 0 aromatic rings. The van der Waals surface area contributed by atoms with Crippen LogP contribution in [0.3, 0.4) is 0 Å². The monoisotopic (exact) mass is 488 g/mol. The van der Waals surface area contributed by atoms with Crippen molar-refractivity contribution in [3.8, 4) is 0 Å². The topological polar surface area (TPSA) is 87.0 Å². The van der Waals surface area contributed by atoms with Gasteiger partial charge in [-0.05, 0) is 93.1 Å². The fraction of sp³-hybridized carbons (Fsp3) is 0.767. The highest BCUT2D eigenvalue weighted by molar-refractivity contribution is 5.70. The van der Waals surface area contributed by atoms with E-state index in [-0.39, 0.29) is 17.8 Å².